The zero-order chi connectivity index (χ0) is 13.3. The Kier molecular flexibility index (Phi) is 4.11. The summed E-state index contributed by atoms with van der Waals surface area (Å²) >= 11 is 0. The Morgan fingerprint density at radius 3 is 2.56 bits per heavy atom. The number of carbonyl (C=O) groups is 1. The smallest absolute Gasteiger partial charge is 0.319 e. The maximum Gasteiger partial charge on any atom is 0.319 e. The predicted molar refractivity (Wildman–Crippen MR) is 70.0 cm³/mol. The molecule has 1 saturated heterocycles. The molecule has 4 nitrogen and oxygen atoms in total. The van der Waals surface area contributed by atoms with Crippen LogP contribution in [0.25, 0.3) is 0 Å². The predicted octanol–water partition coefficient (Wildman–Crippen LogP) is 1.95. The van der Waals surface area contributed by atoms with Crippen molar-refractivity contribution in [2.24, 2.45) is 5.92 Å². The highest BCUT2D eigenvalue weighted by atomic mass is 32.2. The summed E-state index contributed by atoms with van der Waals surface area (Å²) in [6.07, 6.45) is 4.76. The maximum absolute atomic E-state index is 12.5. The highest BCUT2D eigenvalue weighted by Crippen LogP contribution is 2.43. The topological polar surface area (TPSA) is 63.6 Å². The first-order valence-electron chi connectivity index (χ1n) is 6.71. The molecular formula is C13H22O4S. The Morgan fingerprint density at radius 2 is 2.11 bits per heavy atom. The van der Waals surface area contributed by atoms with Crippen LogP contribution in [0.4, 0.5) is 0 Å². The number of hydrogen-bond donors (Lipinski definition) is 1. The molecule has 1 saturated carbocycles. The normalized spacial score (nSPS) is 29.8. The monoisotopic (exact) mass is 274 g/mol. The highest BCUT2D eigenvalue weighted by molar-refractivity contribution is 7.87. The molecule has 1 aliphatic heterocycles. The van der Waals surface area contributed by atoms with Gasteiger partial charge in [-0.15, -0.1) is 0 Å². The van der Waals surface area contributed by atoms with E-state index in [2.05, 4.69) is 0 Å². The van der Waals surface area contributed by atoms with E-state index in [0.717, 1.165) is 25.7 Å². The second-order valence-electron chi connectivity index (χ2n) is 5.83. The van der Waals surface area contributed by atoms with Gasteiger partial charge in [0.1, 0.15) is 5.25 Å². The van der Waals surface area contributed by atoms with E-state index >= 15 is 0 Å². The van der Waals surface area contributed by atoms with E-state index < -0.39 is 22.0 Å². The average Bonchev–Trinajstić information content (AvgIpc) is 2.26. The van der Waals surface area contributed by atoms with E-state index in [9.17, 15) is 14.1 Å². The first kappa shape index (κ1) is 14.0. The van der Waals surface area contributed by atoms with Crippen molar-refractivity contribution in [1.82, 2.24) is 0 Å². The van der Waals surface area contributed by atoms with Crippen LogP contribution in [-0.2, 0) is 20.3 Å². The van der Waals surface area contributed by atoms with Crippen molar-refractivity contribution >= 4 is 16.8 Å². The van der Waals surface area contributed by atoms with E-state index in [1.54, 1.807) is 0 Å². The lowest BCUT2D eigenvalue weighted by molar-refractivity contribution is -0.137. The van der Waals surface area contributed by atoms with Gasteiger partial charge in [-0.25, -0.2) is 0 Å². The molecule has 1 heterocycles. The molecule has 5 heteroatoms. The van der Waals surface area contributed by atoms with Gasteiger partial charge in [-0.2, -0.15) is 0 Å². The summed E-state index contributed by atoms with van der Waals surface area (Å²) in [4.78, 5) is 11.2. The summed E-state index contributed by atoms with van der Waals surface area (Å²) < 4.78 is 18.3. The fourth-order valence-electron chi connectivity index (χ4n) is 2.96. The van der Waals surface area contributed by atoms with Crippen molar-refractivity contribution < 1.29 is 18.8 Å². The minimum atomic E-state index is -1.30. The van der Waals surface area contributed by atoms with Crippen molar-refractivity contribution in [1.29, 1.82) is 0 Å². The van der Waals surface area contributed by atoms with Crippen LogP contribution < -0.4 is 0 Å². The molecule has 0 bridgehead atoms. The fourth-order valence-corrected chi connectivity index (χ4v) is 4.91. The Balaban J connectivity index is 2.05. The molecule has 104 valence electrons. The van der Waals surface area contributed by atoms with E-state index in [1.807, 2.05) is 13.8 Å². The molecule has 0 aromatic carbocycles. The number of carboxylic acids is 1. The lowest BCUT2D eigenvalue weighted by atomic mass is 9.75. The Bertz CT molecular complexity index is 349. The second kappa shape index (κ2) is 5.29. The lowest BCUT2D eigenvalue weighted by Crippen LogP contribution is -2.50. The van der Waals surface area contributed by atoms with Crippen LogP contribution >= 0.6 is 0 Å². The Labute approximate surface area is 111 Å². The molecule has 3 unspecified atom stereocenters. The summed E-state index contributed by atoms with van der Waals surface area (Å²) in [5.74, 6) is -1.03. The highest BCUT2D eigenvalue weighted by Gasteiger charge is 2.46. The molecule has 18 heavy (non-hydrogen) atoms. The van der Waals surface area contributed by atoms with Crippen molar-refractivity contribution in [2.75, 3.05) is 6.61 Å². The van der Waals surface area contributed by atoms with Gasteiger partial charge in [-0.05, 0) is 38.0 Å². The minimum Gasteiger partial charge on any atom is -0.480 e. The summed E-state index contributed by atoms with van der Waals surface area (Å²) in [7, 11) is -1.30. The molecule has 1 spiro atoms. The first-order chi connectivity index (χ1) is 8.45. The summed E-state index contributed by atoms with van der Waals surface area (Å²) in [6.45, 7) is 4.28. The maximum atomic E-state index is 12.5. The van der Waals surface area contributed by atoms with Crippen LogP contribution in [0.3, 0.4) is 0 Å². The summed E-state index contributed by atoms with van der Waals surface area (Å²) in [5, 5.41) is 8.47. The van der Waals surface area contributed by atoms with E-state index in [0.29, 0.717) is 6.61 Å². The molecule has 3 atom stereocenters. The largest absolute Gasteiger partial charge is 0.480 e. The van der Waals surface area contributed by atoms with Crippen molar-refractivity contribution in [3.63, 3.8) is 0 Å². The molecule has 1 N–H and O–H groups in total. The quantitative estimate of drug-likeness (QED) is 0.851. The lowest BCUT2D eigenvalue weighted by Gasteiger charge is -2.47. The molecule has 0 aromatic rings. The van der Waals surface area contributed by atoms with Crippen LogP contribution in [0.2, 0.25) is 0 Å². The van der Waals surface area contributed by atoms with Gasteiger partial charge in [0.05, 0.1) is 5.60 Å². The van der Waals surface area contributed by atoms with Crippen molar-refractivity contribution in [3.8, 4) is 0 Å². The number of carboxylic acid groups (broad SMARTS) is 1. The number of ether oxygens (including phenoxy) is 1. The van der Waals surface area contributed by atoms with Crippen LogP contribution in [0.15, 0.2) is 0 Å². The molecule has 2 aliphatic rings. The molecule has 0 amide bonds. The van der Waals surface area contributed by atoms with Gasteiger partial charge in [-0.1, -0.05) is 13.8 Å². The van der Waals surface area contributed by atoms with Gasteiger partial charge in [-0.3, -0.25) is 9.00 Å². The van der Waals surface area contributed by atoms with Crippen molar-refractivity contribution in [3.05, 3.63) is 0 Å². The molecular weight excluding hydrogens is 252 g/mol. The molecule has 2 rings (SSSR count). The van der Waals surface area contributed by atoms with Gasteiger partial charge in [0, 0.05) is 22.7 Å². The minimum absolute atomic E-state index is 0.0115. The van der Waals surface area contributed by atoms with Crippen LogP contribution in [0, 0.1) is 5.92 Å². The van der Waals surface area contributed by atoms with Gasteiger partial charge in [0.2, 0.25) is 0 Å². The van der Waals surface area contributed by atoms with Crippen LogP contribution in [0.1, 0.15) is 46.0 Å². The number of hydrogen-bond acceptors (Lipinski definition) is 3. The third-order valence-electron chi connectivity index (χ3n) is 4.14. The van der Waals surface area contributed by atoms with Gasteiger partial charge in [0.15, 0.2) is 0 Å². The molecule has 2 fully saturated rings. The third kappa shape index (κ3) is 2.62. The van der Waals surface area contributed by atoms with E-state index in [1.165, 1.54) is 6.42 Å². The average molecular weight is 274 g/mol. The molecule has 0 aromatic heterocycles. The van der Waals surface area contributed by atoms with E-state index in [-0.39, 0.29) is 16.8 Å². The summed E-state index contributed by atoms with van der Waals surface area (Å²) in [5.41, 5.74) is -0.0708. The SMILES string of the molecule is CC(C)C(C(=O)O)S(=O)C1CCOC2(CCC2)C1. The summed E-state index contributed by atoms with van der Waals surface area (Å²) in [6, 6.07) is 0. The van der Waals surface area contributed by atoms with Gasteiger partial charge in [0.25, 0.3) is 0 Å². The van der Waals surface area contributed by atoms with Crippen LogP contribution in [0.5, 0.6) is 0 Å². The molecule has 1 aliphatic carbocycles. The zero-order valence-corrected chi connectivity index (χ0v) is 11.9. The molecule has 0 radical (unpaired) electrons. The number of rotatable bonds is 4. The Morgan fingerprint density at radius 1 is 1.44 bits per heavy atom. The third-order valence-corrected chi connectivity index (χ3v) is 6.45. The second-order valence-corrected chi connectivity index (χ2v) is 7.66. The van der Waals surface area contributed by atoms with Gasteiger partial charge >= 0.3 is 5.97 Å². The van der Waals surface area contributed by atoms with Gasteiger partial charge < -0.3 is 9.84 Å². The standard InChI is InChI=1S/C13H22O4S/c1-9(2)11(12(14)15)18(16)10-4-7-17-13(8-10)5-3-6-13/h9-11H,3-8H2,1-2H3,(H,14,15). The Hall–Kier alpha value is -0.420. The first-order valence-corrected chi connectivity index (χ1v) is 7.99. The van der Waals surface area contributed by atoms with Crippen molar-refractivity contribution in [2.45, 2.75) is 62.1 Å². The zero-order valence-electron chi connectivity index (χ0n) is 11.1. The number of aliphatic carboxylic acids is 1. The van der Waals surface area contributed by atoms with E-state index in [4.69, 9.17) is 4.74 Å². The van der Waals surface area contributed by atoms with Crippen LogP contribution in [-0.4, -0.2) is 38.0 Å². The fraction of sp³-hybridized carbons (Fsp3) is 0.923.